The van der Waals surface area contributed by atoms with Crippen LogP contribution in [0.3, 0.4) is 0 Å². The molecule has 1 N–H and O–H groups in total. The van der Waals surface area contributed by atoms with Gasteiger partial charge in [0.2, 0.25) is 0 Å². The lowest BCUT2D eigenvalue weighted by atomic mass is 9.97. The van der Waals surface area contributed by atoms with Gasteiger partial charge in [-0.2, -0.15) is 0 Å². The van der Waals surface area contributed by atoms with E-state index in [-0.39, 0.29) is 12.4 Å². The van der Waals surface area contributed by atoms with Crippen LogP contribution in [-0.2, 0) is 0 Å². The van der Waals surface area contributed by atoms with Crippen LogP contribution in [0.1, 0.15) is 30.4 Å². The van der Waals surface area contributed by atoms with Gasteiger partial charge in [-0.1, -0.05) is 23.2 Å². The smallest absolute Gasteiger partial charge is 0.138 e. The second kappa shape index (κ2) is 8.33. The van der Waals surface area contributed by atoms with Crippen LogP contribution in [0, 0.1) is 19.8 Å². The van der Waals surface area contributed by atoms with Gasteiger partial charge in [0.25, 0.3) is 0 Å². The van der Waals surface area contributed by atoms with E-state index < -0.39 is 0 Å². The summed E-state index contributed by atoms with van der Waals surface area (Å²) in [6.45, 7) is 6.88. The maximum atomic E-state index is 6.27. The van der Waals surface area contributed by atoms with E-state index in [1.54, 1.807) is 0 Å². The third-order valence-corrected chi connectivity index (χ3v) is 4.80. The number of halogens is 3. The number of ether oxygens (including phenoxy) is 1. The predicted molar refractivity (Wildman–Crippen MR) is 88.9 cm³/mol. The molecule has 1 unspecified atom stereocenters. The Morgan fingerprint density at radius 3 is 2.70 bits per heavy atom. The summed E-state index contributed by atoms with van der Waals surface area (Å²) in [5, 5.41) is 4.79. The molecule has 0 spiro atoms. The zero-order valence-electron chi connectivity index (χ0n) is 12.0. The number of aryl methyl sites for hydroxylation is 1. The first-order valence-corrected chi connectivity index (χ1v) is 7.64. The summed E-state index contributed by atoms with van der Waals surface area (Å²) < 4.78 is 5.84. The third-order valence-electron chi connectivity index (χ3n) is 3.75. The molecular formula is C15H22Cl3NO. The maximum Gasteiger partial charge on any atom is 0.138 e. The van der Waals surface area contributed by atoms with Crippen molar-refractivity contribution < 1.29 is 4.74 Å². The van der Waals surface area contributed by atoms with E-state index in [1.165, 1.54) is 12.8 Å². The van der Waals surface area contributed by atoms with Crippen molar-refractivity contribution in [2.75, 3.05) is 19.7 Å². The van der Waals surface area contributed by atoms with Crippen molar-refractivity contribution in [1.82, 2.24) is 5.32 Å². The quantitative estimate of drug-likeness (QED) is 0.851. The highest BCUT2D eigenvalue weighted by Crippen LogP contribution is 2.35. The molecule has 5 heteroatoms. The van der Waals surface area contributed by atoms with Gasteiger partial charge in [0.1, 0.15) is 5.75 Å². The summed E-state index contributed by atoms with van der Waals surface area (Å²) in [4.78, 5) is 0. The largest absolute Gasteiger partial charge is 0.492 e. The Labute approximate surface area is 137 Å². The van der Waals surface area contributed by atoms with Crippen LogP contribution in [0.5, 0.6) is 5.75 Å². The first kappa shape index (κ1) is 17.9. The molecule has 1 aliphatic rings. The standard InChI is InChI=1S/C15H21Cl2NO.ClH/c1-10-8-13(15(17)11(2)14(10)16)19-7-5-12-4-3-6-18-9-12;/h8,12,18H,3-7,9H2,1-2H3;1H. The first-order chi connectivity index (χ1) is 9.09. The monoisotopic (exact) mass is 337 g/mol. The molecule has 1 saturated heterocycles. The number of nitrogens with one attached hydrogen (secondary N) is 1. The predicted octanol–water partition coefficient (Wildman–Crippen LogP) is 4.80. The number of hydrogen-bond donors (Lipinski definition) is 1. The normalized spacial score (nSPS) is 18.5. The average molecular weight is 339 g/mol. The minimum atomic E-state index is 0. The molecule has 0 amide bonds. The van der Waals surface area contributed by atoms with Gasteiger partial charge in [0.05, 0.1) is 11.6 Å². The molecule has 0 aromatic heterocycles. The van der Waals surface area contributed by atoms with Crippen molar-refractivity contribution in [2.24, 2.45) is 5.92 Å². The lowest BCUT2D eigenvalue weighted by Crippen LogP contribution is -2.30. The van der Waals surface area contributed by atoms with Gasteiger partial charge in [-0.05, 0) is 69.3 Å². The van der Waals surface area contributed by atoms with Crippen LogP contribution >= 0.6 is 35.6 Å². The lowest BCUT2D eigenvalue weighted by Gasteiger charge is -2.22. The fourth-order valence-corrected chi connectivity index (χ4v) is 2.91. The summed E-state index contributed by atoms with van der Waals surface area (Å²) in [6.07, 6.45) is 3.64. The molecule has 20 heavy (non-hydrogen) atoms. The fraction of sp³-hybridized carbons (Fsp3) is 0.600. The molecule has 1 aromatic rings. The highest BCUT2D eigenvalue weighted by molar-refractivity contribution is 6.37. The van der Waals surface area contributed by atoms with Crippen molar-refractivity contribution >= 4 is 35.6 Å². The summed E-state index contributed by atoms with van der Waals surface area (Å²) in [6, 6.07) is 1.93. The van der Waals surface area contributed by atoms with Crippen LogP contribution < -0.4 is 10.1 Å². The second-order valence-corrected chi connectivity index (χ2v) is 6.05. The Bertz CT molecular complexity index is 445. The number of hydrogen-bond acceptors (Lipinski definition) is 2. The molecule has 1 heterocycles. The Morgan fingerprint density at radius 2 is 2.05 bits per heavy atom. The Morgan fingerprint density at radius 1 is 1.30 bits per heavy atom. The van der Waals surface area contributed by atoms with Gasteiger partial charge < -0.3 is 10.1 Å². The van der Waals surface area contributed by atoms with Crippen LogP contribution in [0.15, 0.2) is 6.07 Å². The van der Waals surface area contributed by atoms with Crippen LogP contribution in [0.4, 0.5) is 0 Å². The minimum Gasteiger partial charge on any atom is -0.492 e. The van der Waals surface area contributed by atoms with Crippen LogP contribution in [0.2, 0.25) is 10.0 Å². The molecule has 1 atom stereocenters. The van der Waals surface area contributed by atoms with Crippen molar-refractivity contribution in [3.05, 3.63) is 27.2 Å². The van der Waals surface area contributed by atoms with E-state index in [2.05, 4.69) is 5.32 Å². The van der Waals surface area contributed by atoms with E-state index in [0.29, 0.717) is 11.6 Å². The van der Waals surface area contributed by atoms with Gasteiger partial charge in [-0.3, -0.25) is 0 Å². The van der Waals surface area contributed by atoms with Crippen LogP contribution in [-0.4, -0.2) is 19.7 Å². The highest BCUT2D eigenvalue weighted by atomic mass is 35.5. The van der Waals surface area contributed by atoms with E-state index in [4.69, 9.17) is 27.9 Å². The Kier molecular flexibility index (Phi) is 7.46. The molecule has 0 radical (unpaired) electrons. The summed E-state index contributed by atoms with van der Waals surface area (Å²) in [5.74, 6) is 1.48. The maximum absolute atomic E-state index is 6.27. The Balaban J connectivity index is 0.00000200. The SMILES string of the molecule is Cc1cc(OCCC2CCCNC2)c(Cl)c(C)c1Cl.Cl. The third kappa shape index (κ3) is 4.42. The molecule has 0 bridgehead atoms. The van der Waals surface area contributed by atoms with Gasteiger partial charge in [0, 0.05) is 5.02 Å². The zero-order chi connectivity index (χ0) is 13.8. The topological polar surface area (TPSA) is 21.3 Å². The molecule has 1 fully saturated rings. The number of piperidine rings is 1. The fourth-order valence-electron chi connectivity index (χ4n) is 2.51. The molecular weight excluding hydrogens is 317 g/mol. The molecule has 2 rings (SSSR count). The molecule has 2 nitrogen and oxygen atoms in total. The molecule has 0 saturated carbocycles. The molecule has 114 valence electrons. The van der Waals surface area contributed by atoms with Crippen molar-refractivity contribution in [3.63, 3.8) is 0 Å². The minimum absolute atomic E-state index is 0. The molecule has 1 aliphatic heterocycles. The van der Waals surface area contributed by atoms with E-state index in [0.717, 1.165) is 47.3 Å². The van der Waals surface area contributed by atoms with Crippen molar-refractivity contribution in [1.29, 1.82) is 0 Å². The van der Waals surface area contributed by atoms with E-state index >= 15 is 0 Å². The number of benzene rings is 1. The molecule has 0 aliphatic carbocycles. The van der Waals surface area contributed by atoms with Crippen LogP contribution in [0.25, 0.3) is 0 Å². The van der Waals surface area contributed by atoms with Gasteiger partial charge >= 0.3 is 0 Å². The van der Waals surface area contributed by atoms with E-state index in [1.807, 2.05) is 19.9 Å². The molecule has 1 aromatic carbocycles. The van der Waals surface area contributed by atoms with Gasteiger partial charge in [0.15, 0.2) is 0 Å². The van der Waals surface area contributed by atoms with Gasteiger partial charge in [-0.15, -0.1) is 12.4 Å². The summed E-state index contributed by atoms with van der Waals surface area (Å²) >= 11 is 12.4. The lowest BCUT2D eigenvalue weighted by molar-refractivity contribution is 0.254. The first-order valence-electron chi connectivity index (χ1n) is 6.88. The Hall–Kier alpha value is -0.150. The van der Waals surface area contributed by atoms with Crippen molar-refractivity contribution in [3.8, 4) is 5.75 Å². The summed E-state index contributed by atoms with van der Waals surface area (Å²) in [7, 11) is 0. The van der Waals surface area contributed by atoms with Crippen molar-refractivity contribution in [2.45, 2.75) is 33.1 Å². The zero-order valence-corrected chi connectivity index (χ0v) is 14.3. The number of rotatable bonds is 4. The van der Waals surface area contributed by atoms with Gasteiger partial charge in [-0.25, -0.2) is 0 Å². The highest BCUT2D eigenvalue weighted by Gasteiger charge is 2.14. The van der Waals surface area contributed by atoms with E-state index in [9.17, 15) is 0 Å². The average Bonchev–Trinajstić information content (AvgIpc) is 2.43. The summed E-state index contributed by atoms with van der Waals surface area (Å²) in [5.41, 5.74) is 1.91. The second-order valence-electron chi connectivity index (χ2n) is 5.29.